The number of para-hydroxylation sites is 3. The third-order valence-corrected chi connectivity index (χ3v) is 7.79. The maximum atomic E-state index is 6.32. The molecule has 0 saturated carbocycles. The average Bonchev–Trinajstić information content (AvgIpc) is 3.55. The predicted molar refractivity (Wildman–Crippen MR) is 160 cm³/mol. The summed E-state index contributed by atoms with van der Waals surface area (Å²) in [5, 5.41) is 16.4. The summed E-state index contributed by atoms with van der Waals surface area (Å²) in [5.74, 6) is 0.644. The molecule has 0 aliphatic rings. The lowest BCUT2D eigenvalue weighted by atomic mass is 10.1. The van der Waals surface area contributed by atoms with Gasteiger partial charge in [0, 0.05) is 39.5 Å². The lowest BCUT2D eigenvalue weighted by Gasteiger charge is -2.11. The van der Waals surface area contributed by atoms with Gasteiger partial charge in [-0.2, -0.15) is 0 Å². The molecule has 0 unspecified atom stereocenters. The summed E-state index contributed by atoms with van der Waals surface area (Å²) in [6.07, 6.45) is 3.41. The molecular weight excluding hydrogens is 494 g/mol. The highest BCUT2D eigenvalue weighted by Gasteiger charge is 2.22. The lowest BCUT2D eigenvalue weighted by molar-refractivity contribution is 0.669. The van der Waals surface area contributed by atoms with Crippen LogP contribution in [0.25, 0.3) is 82.6 Å². The number of fused-ring (bicyclic) bond motifs is 8. The largest absolute Gasteiger partial charge is 0.455 e. The number of benzene rings is 5. The van der Waals surface area contributed by atoms with Crippen LogP contribution in [0.2, 0.25) is 0 Å². The Labute approximate surface area is 227 Å². The fourth-order valence-corrected chi connectivity index (χ4v) is 6.02. The molecule has 0 N–H and O–H groups in total. The Morgan fingerprint density at radius 1 is 0.550 bits per heavy atom. The molecule has 0 bridgehead atoms. The molecular formula is C34H19N5O. The number of hydrogen-bond acceptors (Lipinski definition) is 5. The first-order valence-electron chi connectivity index (χ1n) is 13.2. The minimum Gasteiger partial charge on any atom is -0.455 e. The third kappa shape index (κ3) is 2.87. The number of furan rings is 1. The lowest BCUT2D eigenvalue weighted by Crippen LogP contribution is -2.04. The van der Waals surface area contributed by atoms with E-state index in [0.29, 0.717) is 22.5 Å². The fraction of sp³-hybridized carbons (Fsp3) is 0. The minimum atomic E-state index is 0.641. The molecule has 4 heterocycles. The van der Waals surface area contributed by atoms with Gasteiger partial charge in [-0.3, -0.25) is 9.55 Å². The van der Waals surface area contributed by atoms with Crippen LogP contribution in [0.1, 0.15) is 0 Å². The van der Waals surface area contributed by atoms with Crippen LogP contribution in [-0.2, 0) is 0 Å². The van der Waals surface area contributed by atoms with E-state index in [1.54, 1.807) is 12.4 Å². The smallest absolute Gasteiger partial charge is 0.188 e. The summed E-state index contributed by atoms with van der Waals surface area (Å²) >= 11 is 0. The molecule has 40 heavy (non-hydrogen) atoms. The van der Waals surface area contributed by atoms with Crippen LogP contribution in [0.4, 0.5) is 0 Å². The molecule has 9 rings (SSSR count). The first-order chi connectivity index (χ1) is 19.8. The number of rotatable bonds is 2. The zero-order valence-electron chi connectivity index (χ0n) is 21.1. The van der Waals surface area contributed by atoms with Gasteiger partial charge in [0.2, 0.25) is 0 Å². The van der Waals surface area contributed by atoms with Crippen molar-refractivity contribution in [3.63, 3.8) is 0 Å². The Hall–Kier alpha value is -5.62. The van der Waals surface area contributed by atoms with Crippen molar-refractivity contribution in [2.75, 3.05) is 0 Å². The molecule has 6 heteroatoms. The van der Waals surface area contributed by atoms with E-state index >= 15 is 0 Å². The Morgan fingerprint density at radius 3 is 2.17 bits per heavy atom. The first kappa shape index (κ1) is 21.3. The topological polar surface area (TPSA) is 69.6 Å². The van der Waals surface area contributed by atoms with Crippen molar-refractivity contribution in [1.82, 2.24) is 24.7 Å². The van der Waals surface area contributed by atoms with Gasteiger partial charge in [0.25, 0.3) is 0 Å². The predicted octanol–water partition coefficient (Wildman–Crippen LogP) is 8.24. The van der Waals surface area contributed by atoms with Crippen LogP contribution in [0.15, 0.2) is 120 Å². The van der Waals surface area contributed by atoms with Gasteiger partial charge in [-0.15, -0.1) is 10.2 Å². The van der Waals surface area contributed by atoms with E-state index in [1.807, 2.05) is 30.3 Å². The van der Waals surface area contributed by atoms with Crippen molar-refractivity contribution in [3.8, 4) is 17.1 Å². The van der Waals surface area contributed by atoms with Crippen molar-refractivity contribution in [2.24, 2.45) is 0 Å². The molecule has 0 radical (unpaired) electrons. The van der Waals surface area contributed by atoms with Gasteiger partial charge in [0.1, 0.15) is 27.9 Å². The molecule has 0 saturated heterocycles. The molecule has 0 aliphatic carbocycles. The third-order valence-electron chi connectivity index (χ3n) is 7.79. The fourth-order valence-electron chi connectivity index (χ4n) is 6.02. The Bertz CT molecular complexity index is 2450. The molecule has 0 atom stereocenters. The first-order valence-corrected chi connectivity index (χ1v) is 13.2. The van der Waals surface area contributed by atoms with Crippen molar-refractivity contribution < 1.29 is 4.42 Å². The van der Waals surface area contributed by atoms with Crippen LogP contribution in [0, 0.1) is 0 Å². The number of hydrogen-bond donors (Lipinski definition) is 0. The van der Waals surface area contributed by atoms with Gasteiger partial charge in [-0.05, 0) is 41.1 Å². The summed E-state index contributed by atoms with van der Waals surface area (Å²) < 4.78 is 8.48. The molecule has 0 spiro atoms. The van der Waals surface area contributed by atoms with Gasteiger partial charge in [-0.25, -0.2) is 4.98 Å². The minimum absolute atomic E-state index is 0.641. The van der Waals surface area contributed by atoms with E-state index in [9.17, 15) is 0 Å². The van der Waals surface area contributed by atoms with Gasteiger partial charge >= 0.3 is 0 Å². The van der Waals surface area contributed by atoms with Gasteiger partial charge in [-0.1, -0.05) is 72.8 Å². The summed E-state index contributed by atoms with van der Waals surface area (Å²) in [5.41, 5.74) is 6.52. The highest BCUT2D eigenvalue weighted by Crippen LogP contribution is 2.39. The van der Waals surface area contributed by atoms with Gasteiger partial charge in [0.05, 0.1) is 11.0 Å². The van der Waals surface area contributed by atoms with Crippen molar-refractivity contribution in [1.29, 1.82) is 0 Å². The maximum Gasteiger partial charge on any atom is 0.188 e. The summed E-state index contributed by atoms with van der Waals surface area (Å²) in [4.78, 5) is 9.58. The molecule has 5 aromatic carbocycles. The number of aromatic nitrogens is 5. The van der Waals surface area contributed by atoms with Crippen LogP contribution < -0.4 is 0 Å². The molecule has 6 nitrogen and oxygen atoms in total. The quantitative estimate of drug-likeness (QED) is 0.233. The standard InChI is InChI=1S/C34H19N5O/c1-2-9-21-19-28-26(18-20(21)8-1)22-10-3-5-14-27(22)39(28)34-32-31(35-16-17-36-32)30(37-38-34)25-13-7-12-24-23-11-4-6-15-29(23)40-33(24)25/h1-19H. The second kappa shape index (κ2) is 7.94. The maximum absolute atomic E-state index is 6.32. The molecule has 9 aromatic rings. The Kier molecular flexibility index (Phi) is 4.24. The van der Waals surface area contributed by atoms with E-state index in [4.69, 9.17) is 24.6 Å². The average molecular weight is 514 g/mol. The van der Waals surface area contributed by atoms with E-state index in [2.05, 4.69) is 77.4 Å². The highest BCUT2D eigenvalue weighted by atomic mass is 16.3. The van der Waals surface area contributed by atoms with Crippen LogP contribution in [-0.4, -0.2) is 24.7 Å². The molecule has 0 amide bonds. The Balaban J connectivity index is 1.37. The van der Waals surface area contributed by atoms with E-state index in [-0.39, 0.29) is 0 Å². The van der Waals surface area contributed by atoms with Crippen molar-refractivity contribution in [3.05, 3.63) is 116 Å². The van der Waals surface area contributed by atoms with E-state index in [1.165, 1.54) is 5.39 Å². The summed E-state index contributed by atoms with van der Waals surface area (Å²) in [6.45, 7) is 0. The zero-order chi connectivity index (χ0) is 26.2. The Morgan fingerprint density at radius 2 is 1.27 bits per heavy atom. The van der Waals surface area contributed by atoms with Crippen molar-refractivity contribution in [2.45, 2.75) is 0 Å². The summed E-state index contributed by atoms with van der Waals surface area (Å²) in [6, 6.07) is 35.5. The van der Waals surface area contributed by atoms with Crippen LogP contribution in [0.5, 0.6) is 0 Å². The summed E-state index contributed by atoms with van der Waals surface area (Å²) in [7, 11) is 0. The number of nitrogens with zero attached hydrogens (tertiary/aromatic N) is 5. The van der Waals surface area contributed by atoms with Gasteiger partial charge in [0.15, 0.2) is 5.82 Å². The van der Waals surface area contributed by atoms with E-state index < -0.39 is 0 Å². The normalized spacial score (nSPS) is 12.0. The molecule has 0 fully saturated rings. The van der Waals surface area contributed by atoms with Crippen LogP contribution >= 0.6 is 0 Å². The highest BCUT2D eigenvalue weighted by molar-refractivity contribution is 6.15. The second-order valence-electron chi connectivity index (χ2n) is 9.98. The van der Waals surface area contributed by atoms with Crippen molar-refractivity contribution >= 4 is 65.6 Å². The van der Waals surface area contributed by atoms with E-state index in [0.717, 1.165) is 54.7 Å². The molecule has 4 aromatic heterocycles. The second-order valence-corrected chi connectivity index (χ2v) is 9.98. The van der Waals surface area contributed by atoms with Gasteiger partial charge < -0.3 is 4.42 Å². The zero-order valence-corrected chi connectivity index (χ0v) is 21.1. The van der Waals surface area contributed by atoms with Crippen LogP contribution in [0.3, 0.4) is 0 Å². The monoisotopic (exact) mass is 513 g/mol. The molecule has 186 valence electrons. The SMILES string of the molecule is c1ccc2cc3c(cc2c1)c1ccccc1n3-c1nnc(-c2cccc3c2oc2ccccc23)c2nccnc12. The molecule has 0 aliphatic heterocycles.